The number of aromatic nitrogens is 2. The standard InChI is InChI=1S/C14H21N3S2/c1-8-7-11(10(3)18-8)9(2)15-13-16-12(17-19-13)14(4,5)6/h7,9H,1-6H3,(H,15,16,17). The molecule has 19 heavy (non-hydrogen) atoms. The predicted octanol–water partition coefficient (Wildman–Crippen LogP) is 4.69. The highest BCUT2D eigenvalue weighted by Gasteiger charge is 2.20. The lowest BCUT2D eigenvalue weighted by Crippen LogP contribution is -2.13. The molecule has 0 spiro atoms. The van der Waals surface area contributed by atoms with Gasteiger partial charge < -0.3 is 5.32 Å². The summed E-state index contributed by atoms with van der Waals surface area (Å²) >= 11 is 3.29. The number of hydrogen-bond acceptors (Lipinski definition) is 5. The third-order valence-corrected chi connectivity index (χ3v) is 4.61. The SMILES string of the molecule is Cc1cc(C(C)Nc2nc(C(C)(C)C)ns2)c(C)s1. The van der Waals surface area contributed by atoms with Gasteiger partial charge in [-0.15, -0.1) is 11.3 Å². The predicted molar refractivity (Wildman–Crippen MR) is 84.4 cm³/mol. The van der Waals surface area contributed by atoms with Crippen LogP contribution in [0.25, 0.3) is 0 Å². The van der Waals surface area contributed by atoms with Crippen LogP contribution in [0.1, 0.15) is 54.9 Å². The van der Waals surface area contributed by atoms with Crippen molar-refractivity contribution in [3.8, 4) is 0 Å². The second kappa shape index (κ2) is 5.21. The maximum atomic E-state index is 4.58. The Hall–Kier alpha value is -0.940. The summed E-state index contributed by atoms with van der Waals surface area (Å²) in [7, 11) is 0. The van der Waals surface area contributed by atoms with Gasteiger partial charge in [0.15, 0.2) is 0 Å². The van der Waals surface area contributed by atoms with E-state index >= 15 is 0 Å². The minimum atomic E-state index is 0.00849. The van der Waals surface area contributed by atoms with Crippen molar-refractivity contribution in [3.05, 3.63) is 27.2 Å². The Bertz CT molecular complexity index is 563. The van der Waals surface area contributed by atoms with Crippen molar-refractivity contribution < 1.29 is 0 Å². The molecule has 0 saturated heterocycles. The maximum absolute atomic E-state index is 4.58. The molecule has 1 unspecified atom stereocenters. The molecule has 0 amide bonds. The molecule has 2 aromatic rings. The van der Waals surface area contributed by atoms with Crippen LogP contribution in [0.5, 0.6) is 0 Å². The average Bonchev–Trinajstić information content (AvgIpc) is 2.84. The highest BCUT2D eigenvalue weighted by atomic mass is 32.1. The fraction of sp³-hybridized carbons (Fsp3) is 0.571. The molecular formula is C14H21N3S2. The normalized spacial score (nSPS) is 13.6. The van der Waals surface area contributed by atoms with Crippen molar-refractivity contribution in [1.82, 2.24) is 9.36 Å². The van der Waals surface area contributed by atoms with Gasteiger partial charge in [0.2, 0.25) is 5.13 Å². The van der Waals surface area contributed by atoms with E-state index in [1.807, 2.05) is 11.3 Å². The van der Waals surface area contributed by atoms with Crippen LogP contribution in [0.15, 0.2) is 6.07 Å². The molecule has 104 valence electrons. The van der Waals surface area contributed by atoms with E-state index < -0.39 is 0 Å². The first-order valence-corrected chi connectivity index (χ1v) is 8.04. The van der Waals surface area contributed by atoms with E-state index in [1.165, 1.54) is 26.9 Å². The lowest BCUT2D eigenvalue weighted by atomic mass is 9.96. The Kier molecular flexibility index (Phi) is 3.97. The van der Waals surface area contributed by atoms with Crippen LogP contribution < -0.4 is 5.32 Å². The van der Waals surface area contributed by atoms with E-state index in [9.17, 15) is 0 Å². The smallest absolute Gasteiger partial charge is 0.203 e. The van der Waals surface area contributed by atoms with E-state index in [0.29, 0.717) is 0 Å². The molecule has 2 rings (SSSR count). The molecule has 5 heteroatoms. The average molecular weight is 295 g/mol. The summed E-state index contributed by atoms with van der Waals surface area (Å²) in [5.41, 5.74) is 1.36. The van der Waals surface area contributed by atoms with Crippen molar-refractivity contribution in [2.45, 2.75) is 53.0 Å². The molecule has 0 aliphatic carbocycles. The summed E-state index contributed by atoms with van der Waals surface area (Å²) in [6.45, 7) is 12.9. The van der Waals surface area contributed by atoms with Crippen LogP contribution in [0.3, 0.4) is 0 Å². The first kappa shape index (κ1) is 14.5. The summed E-state index contributed by atoms with van der Waals surface area (Å²) in [5, 5.41) is 4.36. The summed E-state index contributed by atoms with van der Waals surface area (Å²) < 4.78 is 4.43. The van der Waals surface area contributed by atoms with Gasteiger partial charge in [0, 0.05) is 26.7 Å². The van der Waals surface area contributed by atoms with E-state index in [1.54, 1.807) is 0 Å². The quantitative estimate of drug-likeness (QED) is 0.893. The van der Waals surface area contributed by atoms with Gasteiger partial charge in [0.25, 0.3) is 0 Å². The summed E-state index contributed by atoms with van der Waals surface area (Å²) in [6, 6.07) is 2.52. The number of hydrogen-bond donors (Lipinski definition) is 1. The monoisotopic (exact) mass is 295 g/mol. The van der Waals surface area contributed by atoms with Crippen molar-refractivity contribution in [1.29, 1.82) is 0 Å². The van der Waals surface area contributed by atoms with Crippen LogP contribution in [0.4, 0.5) is 5.13 Å². The largest absolute Gasteiger partial charge is 0.354 e. The molecule has 0 bridgehead atoms. The molecule has 1 atom stereocenters. The van der Waals surface area contributed by atoms with Crippen LogP contribution in [0.2, 0.25) is 0 Å². The van der Waals surface area contributed by atoms with E-state index in [4.69, 9.17) is 0 Å². The van der Waals surface area contributed by atoms with E-state index in [2.05, 4.69) is 62.3 Å². The van der Waals surface area contributed by atoms with Gasteiger partial charge >= 0.3 is 0 Å². The van der Waals surface area contributed by atoms with Gasteiger partial charge in [-0.05, 0) is 32.4 Å². The molecule has 2 aromatic heterocycles. The topological polar surface area (TPSA) is 37.8 Å². The van der Waals surface area contributed by atoms with Crippen LogP contribution >= 0.6 is 22.9 Å². The molecule has 0 fully saturated rings. The summed E-state index contributed by atoms with van der Waals surface area (Å²) in [6.07, 6.45) is 0. The van der Waals surface area contributed by atoms with Gasteiger partial charge in [0.05, 0.1) is 6.04 Å². The van der Waals surface area contributed by atoms with Crippen molar-refractivity contribution in [3.63, 3.8) is 0 Å². The minimum Gasteiger partial charge on any atom is -0.354 e. The van der Waals surface area contributed by atoms with Crippen LogP contribution in [-0.2, 0) is 5.41 Å². The number of rotatable bonds is 3. The Balaban J connectivity index is 2.13. The van der Waals surface area contributed by atoms with Gasteiger partial charge in [0.1, 0.15) is 5.82 Å². The first-order valence-electron chi connectivity index (χ1n) is 6.45. The molecule has 0 saturated carbocycles. The fourth-order valence-corrected chi connectivity index (χ4v) is 3.80. The lowest BCUT2D eigenvalue weighted by Gasteiger charge is -2.14. The molecule has 0 radical (unpaired) electrons. The maximum Gasteiger partial charge on any atom is 0.203 e. The van der Waals surface area contributed by atoms with Crippen molar-refractivity contribution >= 4 is 28.0 Å². The first-order chi connectivity index (χ1) is 8.77. The molecule has 0 aromatic carbocycles. The Morgan fingerprint density at radius 1 is 1.26 bits per heavy atom. The molecular weight excluding hydrogens is 274 g/mol. The second-order valence-corrected chi connectivity index (χ2v) is 8.12. The third-order valence-electron chi connectivity index (χ3n) is 2.98. The second-order valence-electron chi connectivity index (χ2n) is 5.91. The van der Waals surface area contributed by atoms with Gasteiger partial charge in [-0.25, -0.2) is 4.98 Å². The number of nitrogens with one attached hydrogen (secondary N) is 1. The van der Waals surface area contributed by atoms with Crippen molar-refractivity contribution in [2.24, 2.45) is 0 Å². The third kappa shape index (κ3) is 3.34. The molecule has 3 nitrogen and oxygen atoms in total. The van der Waals surface area contributed by atoms with E-state index in [-0.39, 0.29) is 11.5 Å². The zero-order valence-electron chi connectivity index (χ0n) is 12.4. The summed E-state index contributed by atoms with van der Waals surface area (Å²) in [4.78, 5) is 7.31. The molecule has 0 aliphatic heterocycles. The van der Waals surface area contributed by atoms with Gasteiger partial charge in [-0.1, -0.05) is 20.8 Å². The van der Waals surface area contributed by atoms with E-state index in [0.717, 1.165) is 11.0 Å². The fourth-order valence-electron chi connectivity index (χ4n) is 1.93. The van der Waals surface area contributed by atoms with Crippen LogP contribution in [-0.4, -0.2) is 9.36 Å². The zero-order chi connectivity index (χ0) is 14.2. The van der Waals surface area contributed by atoms with Gasteiger partial charge in [-0.3, -0.25) is 0 Å². The highest BCUT2D eigenvalue weighted by molar-refractivity contribution is 7.12. The molecule has 0 aliphatic rings. The zero-order valence-corrected chi connectivity index (χ0v) is 14.0. The number of anilines is 1. The number of aryl methyl sites for hydroxylation is 2. The summed E-state index contributed by atoms with van der Waals surface area (Å²) in [5.74, 6) is 0.908. The Morgan fingerprint density at radius 2 is 1.95 bits per heavy atom. The highest BCUT2D eigenvalue weighted by Crippen LogP contribution is 2.30. The van der Waals surface area contributed by atoms with Crippen LogP contribution in [0, 0.1) is 13.8 Å². The van der Waals surface area contributed by atoms with Gasteiger partial charge in [-0.2, -0.15) is 4.37 Å². The Morgan fingerprint density at radius 3 is 2.42 bits per heavy atom. The molecule has 1 N–H and O–H groups in total. The number of nitrogens with zero attached hydrogens (tertiary/aromatic N) is 2. The lowest BCUT2D eigenvalue weighted by molar-refractivity contribution is 0.555. The minimum absolute atomic E-state index is 0.00849. The number of thiophene rings is 1. The Labute approximate surface area is 123 Å². The van der Waals surface area contributed by atoms with Crippen molar-refractivity contribution in [2.75, 3.05) is 5.32 Å². The molecule has 2 heterocycles.